The summed E-state index contributed by atoms with van der Waals surface area (Å²) in [5.74, 6) is 0.0520. The van der Waals surface area contributed by atoms with E-state index in [9.17, 15) is 4.79 Å². The molecule has 1 aliphatic rings. The monoisotopic (exact) mass is 135 g/mol. The molecule has 0 spiro atoms. The van der Waals surface area contributed by atoms with E-state index in [0.29, 0.717) is 5.70 Å². The molecule has 0 fully saturated rings. The molecule has 1 aliphatic heterocycles. The van der Waals surface area contributed by atoms with Gasteiger partial charge in [-0.3, -0.25) is 4.79 Å². The van der Waals surface area contributed by atoms with E-state index in [4.69, 9.17) is 0 Å². The zero-order valence-corrected chi connectivity index (χ0v) is 5.79. The molecule has 1 rings (SSSR count). The maximum absolute atomic E-state index is 10.8. The largest absolute Gasteiger partial charge is 0.359 e. The lowest BCUT2D eigenvalue weighted by molar-refractivity contribution is -0.113. The summed E-state index contributed by atoms with van der Waals surface area (Å²) in [7, 11) is 0. The van der Waals surface area contributed by atoms with Crippen LogP contribution in [0.15, 0.2) is 36.2 Å². The number of hydrogen-bond acceptors (Lipinski definition) is 2. The van der Waals surface area contributed by atoms with Crippen LogP contribution in [-0.2, 0) is 4.79 Å². The molecule has 10 heavy (non-hydrogen) atoms. The Hall–Kier alpha value is -1.31. The maximum Gasteiger partial charge on any atom is 0.175 e. The van der Waals surface area contributed by atoms with Crippen molar-refractivity contribution in [3.05, 3.63) is 36.2 Å². The van der Waals surface area contributed by atoms with Gasteiger partial charge in [0.05, 0.1) is 5.70 Å². The van der Waals surface area contributed by atoms with Gasteiger partial charge < -0.3 is 5.32 Å². The zero-order chi connectivity index (χ0) is 7.40. The van der Waals surface area contributed by atoms with Gasteiger partial charge in [0, 0.05) is 13.1 Å². The van der Waals surface area contributed by atoms with Gasteiger partial charge in [-0.05, 0) is 12.2 Å². The van der Waals surface area contributed by atoms with Gasteiger partial charge in [-0.15, -0.1) is 0 Å². The standard InChI is InChI=1S/C8H9NO/c1-7(10)8-5-3-2-4-6-9-8/h2-6,9H,1H3. The van der Waals surface area contributed by atoms with E-state index in [1.807, 2.05) is 18.2 Å². The Labute approximate surface area is 59.9 Å². The summed E-state index contributed by atoms with van der Waals surface area (Å²) in [6.45, 7) is 1.53. The third-order valence-electron chi connectivity index (χ3n) is 1.20. The van der Waals surface area contributed by atoms with Crippen molar-refractivity contribution in [2.75, 3.05) is 0 Å². The highest BCUT2D eigenvalue weighted by Gasteiger charge is 1.98. The van der Waals surface area contributed by atoms with Crippen molar-refractivity contribution in [3.63, 3.8) is 0 Å². The average Bonchev–Trinajstić information content (AvgIpc) is 2.12. The number of allylic oxidation sites excluding steroid dienone is 5. The molecule has 52 valence electrons. The quantitative estimate of drug-likeness (QED) is 0.584. The summed E-state index contributed by atoms with van der Waals surface area (Å²) in [4.78, 5) is 10.8. The number of carbonyl (C=O) groups excluding carboxylic acids is 1. The van der Waals surface area contributed by atoms with E-state index in [0.717, 1.165) is 0 Å². The molecule has 0 aromatic rings. The first-order valence-electron chi connectivity index (χ1n) is 3.11. The van der Waals surface area contributed by atoms with Crippen LogP contribution in [0.2, 0.25) is 0 Å². The van der Waals surface area contributed by atoms with Crippen LogP contribution in [0, 0.1) is 0 Å². The number of hydrogen-bond donors (Lipinski definition) is 1. The highest BCUT2D eigenvalue weighted by molar-refractivity contribution is 5.93. The van der Waals surface area contributed by atoms with Crippen LogP contribution in [0.5, 0.6) is 0 Å². The summed E-state index contributed by atoms with van der Waals surface area (Å²) < 4.78 is 0. The minimum Gasteiger partial charge on any atom is -0.359 e. The Morgan fingerprint density at radius 3 is 2.90 bits per heavy atom. The lowest BCUT2D eigenvalue weighted by Crippen LogP contribution is -2.11. The van der Waals surface area contributed by atoms with Crippen LogP contribution in [0.25, 0.3) is 0 Å². The number of carbonyl (C=O) groups is 1. The highest BCUT2D eigenvalue weighted by atomic mass is 16.1. The molecule has 0 radical (unpaired) electrons. The average molecular weight is 135 g/mol. The van der Waals surface area contributed by atoms with Crippen LogP contribution in [0.1, 0.15) is 6.92 Å². The molecule has 0 aromatic carbocycles. The van der Waals surface area contributed by atoms with Gasteiger partial charge in [0.2, 0.25) is 0 Å². The minimum atomic E-state index is 0.0520. The Bertz CT molecular complexity index is 223. The molecular weight excluding hydrogens is 126 g/mol. The molecule has 0 atom stereocenters. The van der Waals surface area contributed by atoms with Gasteiger partial charge in [-0.2, -0.15) is 0 Å². The number of ketones is 1. The Morgan fingerprint density at radius 2 is 2.20 bits per heavy atom. The smallest absolute Gasteiger partial charge is 0.175 e. The number of rotatable bonds is 1. The predicted octanol–water partition coefficient (Wildman–Crippen LogP) is 1.13. The van der Waals surface area contributed by atoms with Crippen molar-refractivity contribution in [1.29, 1.82) is 0 Å². The Balaban J connectivity index is 2.78. The van der Waals surface area contributed by atoms with Crippen molar-refractivity contribution < 1.29 is 4.79 Å². The topological polar surface area (TPSA) is 29.1 Å². The normalized spacial score (nSPS) is 15.5. The second-order valence-electron chi connectivity index (χ2n) is 2.02. The van der Waals surface area contributed by atoms with E-state index >= 15 is 0 Å². The molecule has 0 amide bonds. The Kier molecular flexibility index (Phi) is 2.05. The van der Waals surface area contributed by atoms with E-state index < -0.39 is 0 Å². The number of Topliss-reactive ketones (excluding diaryl/α,β-unsaturated/α-hetero) is 1. The van der Waals surface area contributed by atoms with Crippen molar-refractivity contribution in [3.8, 4) is 0 Å². The van der Waals surface area contributed by atoms with Crippen molar-refractivity contribution in [2.24, 2.45) is 0 Å². The molecule has 0 aliphatic carbocycles. The molecular formula is C8H9NO. The van der Waals surface area contributed by atoms with E-state index in [-0.39, 0.29) is 5.78 Å². The first kappa shape index (κ1) is 6.81. The summed E-state index contributed by atoms with van der Waals surface area (Å²) >= 11 is 0. The molecule has 0 bridgehead atoms. The SMILES string of the molecule is CC(=O)C1=CC=CC=CN1. The molecule has 0 aromatic heterocycles. The first-order valence-corrected chi connectivity index (χ1v) is 3.11. The van der Waals surface area contributed by atoms with Crippen LogP contribution in [-0.4, -0.2) is 5.78 Å². The summed E-state index contributed by atoms with van der Waals surface area (Å²) in [6.07, 6.45) is 9.02. The molecule has 2 nitrogen and oxygen atoms in total. The minimum absolute atomic E-state index is 0.0520. The van der Waals surface area contributed by atoms with Gasteiger partial charge in [0.15, 0.2) is 5.78 Å². The fourth-order valence-electron chi connectivity index (χ4n) is 0.676. The second kappa shape index (κ2) is 3.01. The van der Waals surface area contributed by atoms with Crippen molar-refractivity contribution >= 4 is 5.78 Å². The van der Waals surface area contributed by atoms with Crippen molar-refractivity contribution in [2.45, 2.75) is 6.92 Å². The molecule has 0 saturated heterocycles. The van der Waals surface area contributed by atoms with Crippen LogP contribution in [0.4, 0.5) is 0 Å². The lowest BCUT2D eigenvalue weighted by Gasteiger charge is -1.98. The maximum atomic E-state index is 10.8. The van der Waals surface area contributed by atoms with Gasteiger partial charge in [-0.1, -0.05) is 12.2 Å². The molecule has 2 heteroatoms. The zero-order valence-electron chi connectivity index (χ0n) is 5.79. The van der Waals surface area contributed by atoms with Gasteiger partial charge in [0.25, 0.3) is 0 Å². The lowest BCUT2D eigenvalue weighted by atomic mass is 10.3. The van der Waals surface area contributed by atoms with E-state index in [1.165, 1.54) is 6.92 Å². The molecule has 1 N–H and O–H groups in total. The molecule has 0 saturated carbocycles. The van der Waals surface area contributed by atoms with Crippen LogP contribution in [0.3, 0.4) is 0 Å². The first-order chi connectivity index (χ1) is 4.80. The van der Waals surface area contributed by atoms with Gasteiger partial charge >= 0.3 is 0 Å². The molecule has 1 heterocycles. The Morgan fingerprint density at radius 1 is 1.40 bits per heavy atom. The number of nitrogens with one attached hydrogen (secondary N) is 1. The third kappa shape index (κ3) is 1.58. The predicted molar refractivity (Wildman–Crippen MR) is 40.2 cm³/mol. The second-order valence-corrected chi connectivity index (χ2v) is 2.02. The van der Waals surface area contributed by atoms with Gasteiger partial charge in [0.1, 0.15) is 0 Å². The van der Waals surface area contributed by atoms with Crippen LogP contribution >= 0.6 is 0 Å². The fourth-order valence-corrected chi connectivity index (χ4v) is 0.676. The fraction of sp³-hybridized carbons (Fsp3) is 0.125. The molecule has 0 unspecified atom stereocenters. The van der Waals surface area contributed by atoms with Crippen LogP contribution < -0.4 is 5.32 Å². The summed E-state index contributed by atoms with van der Waals surface area (Å²) in [6, 6.07) is 0. The highest BCUT2D eigenvalue weighted by Crippen LogP contribution is 1.95. The van der Waals surface area contributed by atoms with E-state index in [1.54, 1.807) is 12.3 Å². The summed E-state index contributed by atoms with van der Waals surface area (Å²) in [5, 5.41) is 2.85. The van der Waals surface area contributed by atoms with Crippen molar-refractivity contribution in [1.82, 2.24) is 5.32 Å². The summed E-state index contributed by atoms with van der Waals surface area (Å²) in [5.41, 5.74) is 0.630. The van der Waals surface area contributed by atoms with E-state index in [2.05, 4.69) is 5.32 Å². The third-order valence-corrected chi connectivity index (χ3v) is 1.20. The van der Waals surface area contributed by atoms with Gasteiger partial charge in [-0.25, -0.2) is 0 Å².